The molecule has 0 unspecified atom stereocenters. The van der Waals surface area contributed by atoms with E-state index in [0.29, 0.717) is 17.7 Å². The van der Waals surface area contributed by atoms with Crippen LogP contribution in [0.5, 0.6) is 5.75 Å². The van der Waals surface area contributed by atoms with Crippen molar-refractivity contribution < 1.29 is 4.74 Å². The van der Waals surface area contributed by atoms with Gasteiger partial charge in [-0.05, 0) is 24.0 Å². The Hall–Kier alpha value is -0.380. The summed E-state index contributed by atoms with van der Waals surface area (Å²) in [5, 5.41) is 4.05. The largest absolute Gasteiger partial charge is 0.491 e. The van der Waals surface area contributed by atoms with Gasteiger partial charge in [0.2, 0.25) is 0 Å². The van der Waals surface area contributed by atoms with Gasteiger partial charge in [0.1, 0.15) is 5.75 Å². The SMILES string of the molecule is CSCCOc1ccc(CNC(C)C)cc1Cl. The van der Waals surface area contributed by atoms with Gasteiger partial charge in [-0.1, -0.05) is 31.5 Å². The van der Waals surface area contributed by atoms with Crippen LogP contribution in [0.25, 0.3) is 0 Å². The predicted octanol–water partition coefficient (Wildman–Crippen LogP) is 3.58. The molecule has 0 saturated heterocycles. The van der Waals surface area contributed by atoms with Gasteiger partial charge in [-0.15, -0.1) is 0 Å². The van der Waals surface area contributed by atoms with Crippen LogP contribution in [0.1, 0.15) is 19.4 Å². The number of halogens is 1. The summed E-state index contributed by atoms with van der Waals surface area (Å²) in [6, 6.07) is 6.44. The second-order valence-electron chi connectivity index (χ2n) is 4.14. The summed E-state index contributed by atoms with van der Waals surface area (Å²) >= 11 is 7.93. The zero-order valence-corrected chi connectivity index (χ0v) is 12.2. The molecule has 0 aliphatic heterocycles. The van der Waals surface area contributed by atoms with E-state index in [1.54, 1.807) is 11.8 Å². The van der Waals surface area contributed by atoms with Crippen molar-refractivity contribution in [1.82, 2.24) is 5.32 Å². The molecule has 0 atom stereocenters. The summed E-state index contributed by atoms with van der Waals surface area (Å²) < 4.78 is 5.58. The second kappa shape index (κ2) is 7.85. The lowest BCUT2D eigenvalue weighted by atomic mass is 10.2. The van der Waals surface area contributed by atoms with Crippen molar-refractivity contribution in [3.8, 4) is 5.75 Å². The maximum Gasteiger partial charge on any atom is 0.137 e. The number of rotatable bonds is 7. The molecular formula is C13H20ClNOS. The molecule has 96 valence electrons. The zero-order chi connectivity index (χ0) is 12.7. The fourth-order valence-electron chi connectivity index (χ4n) is 1.33. The van der Waals surface area contributed by atoms with Crippen molar-refractivity contribution in [2.24, 2.45) is 0 Å². The summed E-state index contributed by atoms with van der Waals surface area (Å²) in [5.41, 5.74) is 1.18. The molecule has 1 aromatic carbocycles. The summed E-state index contributed by atoms with van der Waals surface area (Å²) in [6.07, 6.45) is 2.06. The summed E-state index contributed by atoms with van der Waals surface area (Å²) in [5.74, 6) is 1.75. The molecular weight excluding hydrogens is 254 g/mol. The van der Waals surface area contributed by atoms with Crippen molar-refractivity contribution >= 4 is 23.4 Å². The zero-order valence-electron chi connectivity index (χ0n) is 10.6. The third-order valence-electron chi connectivity index (χ3n) is 2.26. The van der Waals surface area contributed by atoms with E-state index in [9.17, 15) is 0 Å². The number of hydrogen-bond acceptors (Lipinski definition) is 3. The van der Waals surface area contributed by atoms with Crippen LogP contribution in [0.3, 0.4) is 0 Å². The molecule has 0 aliphatic rings. The molecule has 1 rings (SSSR count). The Morgan fingerprint density at radius 3 is 2.76 bits per heavy atom. The van der Waals surface area contributed by atoms with E-state index in [1.807, 2.05) is 12.1 Å². The van der Waals surface area contributed by atoms with Gasteiger partial charge in [-0.3, -0.25) is 0 Å². The van der Waals surface area contributed by atoms with E-state index in [0.717, 1.165) is 18.0 Å². The highest BCUT2D eigenvalue weighted by atomic mass is 35.5. The lowest BCUT2D eigenvalue weighted by Crippen LogP contribution is -2.21. The third kappa shape index (κ3) is 5.66. The first kappa shape index (κ1) is 14.7. The maximum absolute atomic E-state index is 6.16. The van der Waals surface area contributed by atoms with Gasteiger partial charge in [-0.2, -0.15) is 11.8 Å². The average Bonchev–Trinajstić information content (AvgIpc) is 2.29. The van der Waals surface area contributed by atoms with Crippen molar-refractivity contribution in [2.75, 3.05) is 18.6 Å². The molecule has 0 amide bonds. The molecule has 0 bridgehead atoms. The minimum Gasteiger partial charge on any atom is -0.491 e. The number of nitrogens with one attached hydrogen (secondary N) is 1. The van der Waals surface area contributed by atoms with Crippen LogP contribution in [0.2, 0.25) is 5.02 Å². The Kier molecular flexibility index (Phi) is 6.78. The lowest BCUT2D eigenvalue weighted by molar-refractivity contribution is 0.344. The first-order valence-electron chi connectivity index (χ1n) is 5.77. The van der Waals surface area contributed by atoms with Crippen LogP contribution in [0.15, 0.2) is 18.2 Å². The van der Waals surface area contributed by atoms with Crippen molar-refractivity contribution in [1.29, 1.82) is 0 Å². The second-order valence-corrected chi connectivity index (χ2v) is 5.53. The molecule has 0 fully saturated rings. The molecule has 1 N–H and O–H groups in total. The van der Waals surface area contributed by atoms with Crippen molar-refractivity contribution in [3.05, 3.63) is 28.8 Å². The average molecular weight is 274 g/mol. The first-order valence-corrected chi connectivity index (χ1v) is 7.54. The highest BCUT2D eigenvalue weighted by Gasteiger charge is 2.03. The lowest BCUT2D eigenvalue weighted by Gasteiger charge is -2.11. The Bertz CT molecular complexity index is 344. The van der Waals surface area contributed by atoms with E-state index in [4.69, 9.17) is 16.3 Å². The normalized spacial score (nSPS) is 10.9. The van der Waals surface area contributed by atoms with Gasteiger partial charge in [0.05, 0.1) is 11.6 Å². The maximum atomic E-state index is 6.16. The monoisotopic (exact) mass is 273 g/mol. The summed E-state index contributed by atoms with van der Waals surface area (Å²) in [7, 11) is 0. The molecule has 2 nitrogen and oxygen atoms in total. The van der Waals surface area contributed by atoms with Gasteiger partial charge in [0.25, 0.3) is 0 Å². The van der Waals surface area contributed by atoms with Crippen LogP contribution in [0.4, 0.5) is 0 Å². The fraction of sp³-hybridized carbons (Fsp3) is 0.538. The van der Waals surface area contributed by atoms with Gasteiger partial charge >= 0.3 is 0 Å². The molecule has 0 aliphatic carbocycles. The van der Waals surface area contributed by atoms with Crippen LogP contribution in [-0.4, -0.2) is 24.7 Å². The molecule has 17 heavy (non-hydrogen) atoms. The Morgan fingerprint density at radius 1 is 1.41 bits per heavy atom. The Balaban J connectivity index is 2.53. The summed E-state index contributed by atoms with van der Waals surface area (Å²) in [6.45, 7) is 5.79. The minimum absolute atomic E-state index is 0.478. The highest BCUT2D eigenvalue weighted by molar-refractivity contribution is 7.98. The number of thioether (sulfide) groups is 1. The number of benzene rings is 1. The molecule has 0 spiro atoms. The van der Waals surface area contributed by atoms with Crippen LogP contribution in [0, 0.1) is 0 Å². The van der Waals surface area contributed by atoms with Gasteiger partial charge in [0, 0.05) is 18.3 Å². The van der Waals surface area contributed by atoms with E-state index in [2.05, 4.69) is 31.5 Å². The van der Waals surface area contributed by atoms with Gasteiger partial charge in [-0.25, -0.2) is 0 Å². The molecule has 0 radical (unpaired) electrons. The van der Waals surface area contributed by atoms with Crippen molar-refractivity contribution in [2.45, 2.75) is 26.4 Å². The van der Waals surface area contributed by atoms with Crippen LogP contribution < -0.4 is 10.1 Å². The Morgan fingerprint density at radius 2 is 2.18 bits per heavy atom. The quantitative estimate of drug-likeness (QED) is 0.768. The molecule has 1 aromatic rings. The molecule has 4 heteroatoms. The topological polar surface area (TPSA) is 21.3 Å². The summed E-state index contributed by atoms with van der Waals surface area (Å²) in [4.78, 5) is 0. The fourth-order valence-corrected chi connectivity index (χ4v) is 1.84. The molecule has 0 heterocycles. The van der Waals surface area contributed by atoms with Gasteiger partial charge in [0.15, 0.2) is 0 Å². The van der Waals surface area contributed by atoms with Crippen LogP contribution >= 0.6 is 23.4 Å². The van der Waals surface area contributed by atoms with E-state index in [1.165, 1.54) is 5.56 Å². The highest BCUT2D eigenvalue weighted by Crippen LogP contribution is 2.25. The smallest absolute Gasteiger partial charge is 0.137 e. The molecule has 0 aromatic heterocycles. The minimum atomic E-state index is 0.478. The standard InChI is InChI=1S/C13H20ClNOS/c1-10(2)15-9-11-4-5-13(12(14)8-11)16-6-7-17-3/h4-5,8,10,15H,6-7,9H2,1-3H3. The third-order valence-corrected chi connectivity index (χ3v) is 3.13. The van der Waals surface area contributed by atoms with Crippen molar-refractivity contribution in [3.63, 3.8) is 0 Å². The first-order chi connectivity index (χ1) is 8.13. The van der Waals surface area contributed by atoms with Crippen LogP contribution in [-0.2, 0) is 6.54 Å². The molecule has 0 saturated carbocycles. The van der Waals surface area contributed by atoms with E-state index >= 15 is 0 Å². The van der Waals surface area contributed by atoms with Gasteiger partial charge < -0.3 is 10.1 Å². The predicted molar refractivity (Wildman–Crippen MR) is 77.3 cm³/mol. The van der Waals surface area contributed by atoms with E-state index < -0.39 is 0 Å². The number of hydrogen-bond donors (Lipinski definition) is 1. The number of ether oxygens (including phenoxy) is 1. The van der Waals surface area contributed by atoms with E-state index in [-0.39, 0.29) is 0 Å². The Labute approximate surface area is 113 Å².